The van der Waals surface area contributed by atoms with Crippen molar-refractivity contribution in [3.63, 3.8) is 0 Å². The number of aliphatic hydroxyl groups excluding tert-OH is 1. The Balaban J connectivity index is 0.000000296. The predicted molar refractivity (Wildman–Crippen MR) is 264 cm³/mol. The number of hydrogen-bond donors (Lipinski definition) is 1. The number of fused-ring (bicyclic) bond motifs is 2. The molecule has 4 N–H and O–H groups in total. The summed E-state index contributed by atoms with van der Waals surface area (Å²) in [5.41, 5.74) is 1.28. The van der Waals surface area contributed by atoms with Gasteiger partial charge >= 0.3 is 30.2 Å². The Morgan fingerprint density at radius 2 is 1.01 bits per heavy atom. The quantitative estimate of drug-likeness (QED) is 0.0827. The van der Waals surface area contributed by atoms with Crippen LogP contribution in [0.1, 0.15) is 35.1 Å². The molecular weight excluding hydrogens is 1000 g/mol. The van der Waals surface area contributed by atoms with Gasteiger partial charge in [0.25, 0.3) is 17.6 Å². The van der Waals surface area contributed by atoms with Gasteiger partial charge < -0.3 is 30.3 Å². The molecule has 0 bridgehead atoms. The number of aryl methyl sites for hydroxylation is 2. The molecule has 0 aliphatic rings. The van der Waals surface area contributed by atoms with Crippen molar-refractivity contribution in [2.24, 2.45) is 14.1 Å². The topological polar surface area (TPSA) is 266 Å². The summed E-state index contributed by atoms with van der Waals surface area (Å²) >= 11 is 24.2. The molecule has 6 aromatic heterocycles. The summed E-state index contributed by atoms with van der Waals surface area (Å²) in [4.78, 5) is 79.9. The fourth-order valence-electron chi connectivity index (χ4n) is 7.25. The Labute approximate surface area is 435 Å². The molecule has 6 heterocycles. The fraction of sp³-hybridized carbons (Fsp3) is 0.213. The molecule has 0 amide bonds. The van der Waals surface area contributed by atoms with Gasteiger partial charge in [0.1, 0.15) is 34.3 Å². The van der Waals surface area contributed by atoms with E-state index < -0.39 is 22.5 Å². The molecule has 0 aliphatic carbocycles. The number of aliphatic hydroxyl groups is 1. The van der Waals surface area contributed by atoms with E-state index in [0.717, 1.165) is 20.3 Å². The summed E-state index contributed by atoms with van der Waals surface area (Å²) in [6, 6.07) is 17.6. The van der Waals surface area contributed by atoms with Gasteiger partial charge in [0.2, 0.25) is 0 Å². The summed E-state index contributed by atoms with van der Waals surface area (Å²) in [7, 11) is 3.10. The number of nitrogens with zero attached hydrogens (tertiary/aromatic N) is 8. The second-order valence-corrected chi connectivity index (χ2v) is 16.8. The molecule has 366 valence electrons. The van der Waals surface area contributed by atoms with Gasteiger partial charge in [-0.3, -0.25) is 42.6 Å². The number of carbonyl (C=O) groups excluding carboxylic acids is 1. The fourth-order valence-corrected chi connectivity index (χ4v) is 7.83. The molecule has 0 saturated heterocycles. The first kappa shape index (κ1) is 57.2. The minimum absolute atomic E-state index is 0. The van der Waals surface area contributed by atoms with Crippen LogP contribution in [0.15, 0.2) is 117 Å². The third-order valence-corrected chi connectivity index (χ3v) is 11.4. The summed E-state index contributed by atoms with van der Waals surface area (Å²) < 4.78 is 21.6. The Hall–Kier alpha value is -6.37. The van der Waals surface area contributed by atoms with Crippen molar-refractivity contribution in [3.8, 4) is 23.0 Å². The maximum Gasteiger partial charge on any atom is 1.00 e. The molecule has 19 nitrogen and oxygen atoms in total. The molecule has 0 aliphatic heterocycles. The number of benzene rings is 2. The first-order chi connectivity index (χ1) is 32.8. The SMILES string of the molecule is Cn1c(=O)n(CCCO)c(=O)c2c(Cc3ccc(Cl)cc3)c(Oc3cncc(Cl)c3)cnc21.Cn1c(=O)n(CCCOC=O)c(=O)c2c(Cc3ccc(Cl)cc3)c(Oc3cncc(Cl)c3)cnc21.O.[Li+].[OH-]. The van der Waals surface area contributed by atoms with E-state index in [1.165, 1.54) is 46.3 Å². The summed E-state index contributed by atoms with van der Waals surface area (Å²) in [5.74, 6) is 1.41. The van der Waals surface area contributed by atoms with Crippen LogP contribution >= 0.6 is 46.4 Å². The molecule has 0 saturated carbocycles. The van der Waals surface area contributed by atoms with Crippen LogP contribution in [0.4, 0.5) is 0 Å². The minimum Gasteiger partial charge on any atom is -0.870 e. The zero-order valence-electron chi connectivity index (χ0n) is 38.2. The van der Waals surface area contributed by atoms with Crippen molar-refractivity contribution in [1.29, 1.82) is 0 Å². The zero-order chi connectivity index (χ0) is 48.5. The monoisotopic (exact) mass is 1040 g/mol. The number of aromatic nitrogens is 8. The largest absolute Gasteiger partial charge is 1.00 e. The second-order valence-electron chi connectivity index (χ2n) is 15.1. The first-order valence-electron chi connectivity index (χ1n) is 20.7. The molecule has 8 rings (SSSR count). The maximum atomic E-state index is 13.6. The van der Waals surface area contributed by atoms with Crippen LogP contribution in [0.2, 0.25) is 20.1 Å². The number of hydrogen-bond acceptors (Lipinski definition) is 14. The van der Waals surface area contributed by atoms with Crippen LogP contribution in [-0.2, 0) is 49.6 Å². The number of ether oxygens (including phenoxy) is 3. The number of halogens is 4. The van der Waals surface area contributed by atoms with Crippen molar-refractivity contribution in [2.45, 2.75) is 38.8 Å². The summed E-state index contributed by atoms with van der Waals surface area (Å²) in [5, 5.41) is 11.7. The number of rotatable bonds is 16. The zero-order valence-corrected chi connectivity index (χ0v) is 41.2. The van der Waals surface area contributed by atoms with Gasteiger partial charge in [-0.05, 0) is 48.2 Å². The van der Waals surface area contributed by atoms with E-state index in [2.05, 4.69) is 19.9 Å². The first-order valence-corrected chi connectivity index (χ1v) is 22.2. The molecule has 0 unspecified atom stereocenters. The normalized spacial score (nSPS) is 10.6. The van der Waals surface area contributed by atoms with Gasteiger partial charge in [-0.15, -0.1) is 0 Å². The molecule has 0 atom stereocenters. The van der Waals surface area contributed by atoms with E-state index >= 15 is 0 Å². The Morgan fingerprint density at radius 1 is 0.606 bits per heavy atom. The van der Waals surface area contributed by atoms with Crippen LogP contribution in [0, 0.1) is 0 Å². The Bertz CT molecular complexity index is 3390. The second kappa shape index (κ2) is 26.2. The van der Waals surface area contributed by atoms with Crippen LogP contribution < -0.4 is 50.8 Å². The Kier molecular flexibility index (Phi) is 21.1. The van der Waals surface area contributed by atoms with Crippen molar-refractivity contribution in [3.05, 3.63) is 182 Å². The Morgan fingerprint density at radius 3 is 1.39 bits per heavy atom. The van der Waals surface area contributed by atoms with Crippen LogP contribution in [0.3, 0.4) is 0 Å². The predicted octanol–water partition coefficient (Wildman–Crippen LogP) is 3.31. The van der Waals surface area contributed by atoms with Gasteiger partial charge in [-0.1, -0.05) is 70.7 Å². The van der Waals surface area contributed by atoms with Gasteiger partial charge in [-0.25, -0.2) is 19.6 Å². The van der Waals surface area contributed by atoms with Gasteiger partial charge in [0.15, 0.2) is 0 Å². The van der Waals surface area contributed by atoms with Gasteiger partial charge in [0.05, 0.1) is 52.2 Å². The molecule has 0 radical (unpaired) electrons. The smallest absolute Gasteiger partial charge is 0.870 e. The van der Waals surface area contributed by atoms with E-state index in [4.69, 9.17) is 60.6 Å². The molecule has 71 heavy (non-hydrogen) atoms. The maximum absolute atomic E-state index is 13.6. The van der Waals surface area contributed by atoms with Crippen LogP contribution in [-0.4, -0.2) is 73.9 Å². The van der Waals surface area contributed by atoms with Gasteiger partial charge in [0, 0.05) is 92.3 Å². The number of carbonyl (C=O) groups is 1. The van der Waals surface area contributed by atoms with E-state index in [1.54, 1.807) is 50.5 Å². The average Bonchev–Trinajstić information content (AvgIpc) is 3.32. The van der Waals surface area contributed by atoms with Crippen molar-refractivity contribution in [1.82, 2.24) is 38.2 Å². The average molecular weight is 1040 g/mol. The van der Waals surface area contributed by atoms with Crippen molar-refractivity contribution >= 4 is 74.9 Å². The van der Waals surface area contributed by atoms with E-state index in [-0.39, 0.29) is 84.6 Å². The third kappa shape index (κ3) is 13.5. The number of pyridine rings is 4. The summed E-state index contributed by atoms with van der Waals surface area (Å²) in [6.07, 6.45) is 10.1. The van der Waals surface area contributed by atoms with Crippen LogP contribution in [0.25, 0.3) is 22.1 Å². The minimum atomic E-state index is -0.522. The standard InChI is InChI=1S/C24H20Cl2N4O5.C23H20Cl2N4O4.Li.2H2O/c1-29-22-21(23(32)30(24(29)33)7-2-8-34-14-31)19(9-15-3-5-16(25)6-4-15)20(13-28-22)35-18-10-17(26)11-27-12-18;1-28-21-20(22(31)29(23(28)32)7-2-8-30)18(9-14-3-5-15(24)6-4-14)19(13-27-21)33-17-10-16(25)11-26-12-17;;;/h3-6,10-14H,2,7-9H2,1H3;3-6,10-13,30H,2,7-9H2,1H3;;2*1H2/q;;+1;;/p-1. The van der Waals surface area contributed by atoms with Crippen molar-refractivity contribution < 1.29 is 53.9 Å². The molecule has 2 aromatic carbocycles. The summed E-state index contributed by atoms with van der Waals surface area (Å²) in [6.45, 7) is 0.413. The van der Waals surface area contributed by atoms with E-state index in [1.807, 2.05) is 24.3 Å². The molecule has 0 spiro atoms. The van der Waals surface area contributed by atoms with Crippen LogP contribution in [0.5, 0.6) is 23.0 Å². The third-order valence-electron chi connectivity index (χ3n) is 10.5. The molecule has 8 aromatic rings. The molecule has 0 fully saturated rings. The van der Waals surface area contributed by atoms with E-state index in [0.29, 0.717) is 80.0 Å². The van der Waals surface area contributed by atoms with E-state index in [9.17, 15) is 29.1 Å². The molecular formula is C47H43Cl4LiN8O11. The molecule has 24 heteroatoms. The van der Waals surface area contributed by atoms with Gasteiger partial charge in [-0.2, -0.15) is 0 Å². The van der Waals surface area contributed by atoms with Crippen molar-refractivity contribution in [2.75, 3.05) is 13.2 Å².